The number of hydrogen-bond acceptors (Lipinski definition) is 2. The van der Waals surface area contributed by atoms with Gasteiger partial charge in [-0.05, 0) is 19.1 Å². The second kappa shape index (κ2) is 5.30. The Balaban J connectivity index is 1.77. The number of aryl methyl sites for hydroxylation is 1. The van der Waals surface area contributed by atoms with Gasteiger partial charge in [-0.2, -0.15) is 0 Å². The van der Waals surface area contributed by atoms with E-state index >= 15 is 0 Å². The molecule has 4 heteroatoms. The van der Waals surface area contributed by atoms with E-state index in [4.69, 9.17) is 0 Å². The molecular weight excluding hydrogens is 336 g/mol. The lowest BCUT2D eigenvalue weighted by atomic mass is 9.79. The van der Waals surface area contributed by atoms with Gasteiger partial charge in [0.2, 0.25) is 5.69 Å². The van der Waals surface area contributed by atoms with E-state index in [0.717, 1.165) is 39.0 Å². The third-order valence-electron chi connectivity index (χ3n) is 5.72. The minimum Gasteiger partial charge on any atom is -0.871 e. The van der Waals surface area contributed by atoms with Crippen LogP contribution in [-0.4, -0.2) is 28.2 Å². The van der Waals surface area contributed by atoms with Crippen LogP contribution < -0.4 is 5.11 Å². The Labute approximate surface area is 157 Å². The van der Waals surface area contributed by atoms with Gasteiger partial charge < -0.3 is 9.67 Å². The van der Waals surface area contributed by atoms with Crippen LogP contribution in [-0.2, 0) is 11.8 Å². The number of rotatable bonds is 1. The molecule has 1 aromatic heterocycles. The zero-order chi connectivity index (χ0) is 18.9. The average molecular weight is 354 g/mol. The van der Waals surface area contributed by atoms with Crippen molar-refractivity contribution in [2.45, 2.75) is 6.92 Å². The average Bonchev–Trinajstić information content (AvgIpc) is 3.13. The molecule has 1 aliphatic heterocycles. The molecule has 0 atom stereocenters. The summed E-state index contributed by atoms with van der Waals surface area (Å²) in [5, 5.41) is 14.1. The van der Waals surface area contributed by atoms with Crippen molar-refractivity contribution < 1.29 is 14.5 Å². The van der Waals surface area contributed by atoms with E-state index < -0.39 is 0 Å². The van der Waals surface area contributed by atoms with Crippen LogP contribution in [0, 0.1) is 6.92 Å². The van der Waals surface area contributed by atoms with Crippen LogP contribution in [0.25, 0.3) is 22.0 Å². The maximum Gasteiger partial charge on any atom is 0.213 e. The molecule has 0 fully saturated rings. The van der Waals surface area contributed by atoms with Gasteiger partial charge >= 0.3 is 0 Å². The van der Waals surface area contributed by atoms with Crippen molar-refractivity contribution in [2.24, 2.45) is 7.05 Å². The van der Waals surface area contributed by atoms with Crippen LogP contribution in [0.15, 0.2) is 59.9 Å². The zero-order valence-corrected chi connectivity index (χ0v) is 15.4. The fraction of sp³-hybridized carbons (Fsp3) is 0.130. The maximum absolute atomic E-state index is 13.1. The molecule has 1 aliphatic carbocycles. The van der Waals surface area contributed by atoms with Gasteiger partial charge in [-0.1, -0.05) is 36.1 Å². The number of allylic oxidation sites excluding steroid dienone is 3. The van der Waals surface area contributed by atoms with Crippen LogP contribution in [0.5, 0.6) is 0 Å². The van der Waals surface area contributed by atoms with E-state index in [1.165, 1.54) is 0 Å². The van der Waals surface area contributed by atoms with E-state index in [9.17, 15) is 9.90 Å². The maximum atomic E-state index is 13.1. The first-order valence-electron chi connectivity index (χ1n) is 8.93. The van der Waals surface area contributed by atoms with Gasteiger partial charge in [0, 0.05) is 46.4 Å². The zero-order valence-electron chi connectivity index (χ0n) is 15.4. The first-order chi connectivity index (χ1) is 13.0. The highest BCUT2D eigenvalue weighted by Gasteiger charge is 2.37. The van der Waals surface area contributed by atoms with E-state index in [-0.39, 0.29) is 11.5 Å². The number of Topliss-reactive ketones (excluding diaryl/α,β-unsaturated/α-hetero) is 1. The number of ketones is 1. The first kappa shape index (κ1) is 15.8. The van der Waals surface area contributed by atoms with E-state index in [2.05, 4.69) is 0 Å². The summed E-state index contributed by atoms with van der Waals surface area (Å²) < 4.78 is 3.99. The highest BCUT2D eigenvalue weighted by molar-refractivity contribution is 6.45. The third-order valence-corrected chi connectivity index (χ3v) is 5.72. The van der Waals surface area contributed by atoms with Crippen LogP contribution >= 0.6 is 0 Å². The summed E-state index contributed by atoms with van der Waals surface area (Å²) in [4.78, 5) is 13.1. The first-order valence-corrected chi connectivity index (χ1v) is 8.93. The van der Waals surface area contributed by atoms with Gasteiger partial charge in [0.15, 0.2) is 12.0 Å². The van der Waals surface area contributed by atoms with Gasteiger partial charge in [0.1, 0.15) is 7.05 Å². The van der Waals surface area contributed by atoms with Gasteiger partial charge in [-0.25, -0.2) is 4.58 Å². The largest absolute Gasteiger partial charge is 0.871 e. The fourth-order valence-electron chi connectivity index (χ4n) is 4.24. The van der Waals surface area contributed by atoms with Crippen molar-refractivity contribution in [2.75, 3.05) is 7.05 Å². The second-order valence-electron chi connectivity index (χ2n) is 7.12. The molecule has 132 valence electrons. The summed E-state index contributed by atoms with van der Waals surface area (Å²) in [5.41, 5.74) is 6.01. The molecule has 5 rings (SSSR count). The van der Waals surface area contributed by atoms with Crippen LogP contribution in [0.2, 0.25) is 0 Å². The topological polar surface area (TPSA) is 48.1 Å². The molecule has 0 saturated heterocycles. The summed E-state index contributed by atoms with van der Waals surface area (Å²) in [7, 11) is 3.89. The standard InChI is InChI=1S/C23H18N2O2/c1-13-19(15-9-5-7-11-18(15)25(13)3)21-22(26)20(23(21)27)16-12-24(2)17-10-6-4-8-14(16)17/h4-12H,1-3H3. The number of carbonyl (C=O) groups is 1. The molecule has 3 aromatic rings. The molecule has 0 unspecified atom stereocenters. The monoisotopic (exact) mass is 354 g/mol. The summed E-state index contributed by atoms with van der Waals surface area (Å²) in [6.07, 6.45) is 1.88. The Morgan fingerprint density at radius 1 is 1.00 bits per heavy atom. The molecule has 2 aliphatic rings. The highest BCUT2D eigenvalue weighted by Crippen LogP contribution is 2.44. The molecular formula is C23H18N2O2. The molecule has 0 spiro atoms. The highest BCUT2D eigenvalue weighted by atomic mass is 16.3. The second-order valence-corrected chi connectivity index (χ2v) is 7.12. The van der Waals surface area contributed by atoms with Crippen molar-refractivity contribution in [1.82, 2.24) is 4.57 Å². The summed E-state index contributed by atoms with van der Waals surface area (Å²) in [6, 6.07) is 15.7. The van der Waals surface area contributed by atoms with Crippen molar-refractivity contribution in [1.29, 1.82) is 0 Å². The lowest BCUT2D eigenvalue weighted by Gasteiger charge is -2.31. The lowest BCUT2D eigenvalue weighted by molar-refractivity contribution is -0.395. The van der Waals surface area contributed by atoms with E-state index in [1.54, 1.807) is 0 Å². The van der Waals surface area contributed by atoms with Gasteiger partial charge in [0.05, 0.1) is 11.1 Å². The summed E-state index contributed by atoms with van der Waals surface area (Å²) in [6.45, 7) is 1.96. The molecule has 4 nitrogen and oxygen atoms in total. The minimum atomic E-state index is -0.157. The van der Waals surface area contributed by atoms with Crippen molar-refractivity contribution >= 4 is 39.7 Å². The number of benzene rings is 2. The van der Waals surface area contributed by atoms with Crippen LogP contribution in [0.1, 0.15) is 16.8 Å². The molecule has 0 saturated carbocycles. The van der Waals surface area contributed by atoms with E-state index in [1.807, 2.05) is 84.9 Å². The SMILES string of the molecule is Cc1c(C2=C([O-])/C(=C3\C=[N+](C)c4ccccc43)C2=O)c2ccccc2n1C. The Bertz CT molecular complexity index is 1270. The lowest BCUT2D eigenvalue weighted by Crippen LogP contribution is -2.30. The predicted octanol–water partition coefficient (Wildman–Crippen LogP) is 2.95. The smallest absolute Gasteiger partial charge is 0.213 e. The molecule has 0 bridgehead atoms. The fourth-order valence-corrected chi connectivity index (χ4v) is 4.24. The van der Waals surface area contributed by atoms with Crippen molar-refractivity contribution in [3.63, 3.8) is 0 Å². The van der Waals surface area contributed by atoms with Gasteiger partial charge in [-0.15, -0.1) is 0 Å². The molecule has 0 radical (unpaired) electrons. The van der Waals surface area contributed by atoms with Gasteiger partial charge in [0.25, 0.3) is 0 Å². The third kappa shape index (κ3) is 1.92. The number of aromatic nitrogens is 1. The molecule has 0 amide bonds. The van der Waals surface area contributed by atoms with Crippen LogP contribution in [0.3, 0.4) is 0 Å². The minimum absolute atomic E-state index is 0.157. The van der Waals surface area contributed by atoms with Crippen molar-refractivity contribution in [3.05, 3.63) is 76.7 Å². The molecule has 2 heterocycles. The Morgan fingerprint density at radius 2 is 1.70 bits per heavy atom. The number of fused-ring (bicyclic) bond motifs is 2. The molecule has 27 heavy (non-hydrogen) atoms. The Kier molecular flexibility index (Phi) is 3.11. The quantitative estimate of drug-likeness (QED) is 0.498. The van der Waals surface area contributed by atoms with Crippen LogP contribution in [0.4, 0.5) is 5.69 Å². The normalized spacial score (nSPS) is 18.8. The Hall–Kier alpha value is -3.40. The predicted molar refractivity (Wildman–Crippen MR) is 105 cm³/mol. The van der Waals surface area contributed by atoms with Crippen molar-refractivity contribution in [3.8, 4) is 0 Å². The Morgan fingerprint density at radius 3 is 2.48 bits per heavy atom. The molecule has 0 N–H and O–H groups in total. The number of carbonyl (C=O) groups excluding carboxylic acids is 1. The number of hydrogen-bond donors (Lipinski definition) is 0. The van der Waals surface area contributed by atoms with Gasteiger partial charge in [-0.3, -0.25) is 4.79 Å². The van der Waals surface area contributed by atoms with E-state index in [0.29, 0.717) is 11.1 Å². The molecule has 2 aromatic carbocycles. The number of nitrogens with zero attached hydrogens (tertiary/aromatic N) is 2. The summed E-state index contributed by atoms with van der Waals surface area (Å²) >= 11 is 0. The number of para-hydroxylation sites is 2. The summed E-state index contributed by atoms with van der Waals surface area (Å²) in [5.74, 6) is -0.313.